The van der Waals surface area contributed by atoms with Crippen molar-refractivity contribution >= 4 is 21.4 Å². The van der Waals surface area contributed by atoms with Crippen LogP contribution in [0.4, 0.5) is 11.4 Å². The SMILES string of the molecule is CC(C)N(CC1CC1)S(=O)(=O)c1ccc(N)cc1[N+](=O)[O-]. The van der Waals surface area contributed by atoms with E-state index in [0.717, 1.165) is 18.9 Å². The lowest BCUT2D eigenvalue weighted by molar-refractivity contribution is -0.387. The van der Waals surface area contributed by atoms with Crippen molar-refractivity contribution in [2.75, 3.05) is 12.3 Å². The Bertz CT molecular complexity index is 653. The third kappa shape index (κ3) is 3.33. The van der Waals surface area contributed by atoms with Gasteiger partial charge in [0.15, 0.2) is 4.90 Å². The summed E-state index contributed by atoms with van der Waals surface area (Å²) in [5, 5.41) is 11.1. The van der Waals surface area contributed by atoms with Gasteiger partial charge in [-0.1, -0.05) is 0 Å². The standard InChI is InChI=1S/C13H19N3O4S/c1-9(2)15(8-10-3-4-10)21(19,20)13-6-5-11(14)7-12(13)16(17)18/h5-7,9-10H,3-4,8,14H2,1-2H3. The van der Waals surface area contributed by atoms with Crippen LogP contribution >= 0.6 is 0 Å². The van der Waals surface area contributed by atoms with Gasteiger partial charge in [-0.15, -0.1) is 0 Å². The van der Waals surface area contributed by atoms with Crippen LogP contribution in [0, 0.1) is 16.0 Å². The topological polar surface area (TPSA) is 107 Å². The maximum atomic E-state index is 12.8. The highest BCUT2D eigenvalue weighted by molar-refractivity contribution is 7.89. The van der Waals surface area contributed by atoms with Crippen LogP contribution in [0.15, 0.2) is 23.1 Å². The zero-order valence-corrected chi connectivity index (χ0v) is 12.8. The molecule has 0 radical (unpaired) electrons. The third-order valence-corrected chi connectivity index (χ3v) is 5.57. The van der Waals surface area contributed by atoms with E-state index >= 15 is 0 Å². The first-order valence-electron chi connectivity index (χ1n) is 6.79. The van der Waals surface area contributed by atoms with Crippen molar-refractivity contribution in [3.8, 4) is 0 Å². The van der Waals surface area contributed by atoms with Crippen LogP contribution in [0.1, 0.15) is 26.7 Å². The minimum Gasteiger partial charge on any atom is -0.399 e. The fourth-order valence-electron chi connectivity index (χ4n) is 2.16. The Kier molecular flexibility index (Phi) is 4.20. The molecule has 0 spiro atoms. The van der Waals surface area contributed by atoms with Gasteiger partial charge in [0, 0.05) is 24.3 Å². The molecule has 7 nitrogen and oxygen atoms in total. The summed E-state index contributed by atoms with van der Waals surface area (Å²) >= 11 is 0. The van der Waals surface area contributed by atoms with Crippen LogP contribution in [0.2, 0.25) is 0 Å². The number of nitrogens with zero attached hydrogens (tertiary/aromatic N) is 2. The van der Waals surface area contributed by atoms with Crippen molar-refractivity contribution in [1.82, 2.24) is 4.31 Å². The zero-order chi connectivity index (χ0) is 15.8. The number of sulfonamides is 1. The molecule has 1 aromatic rings. The highest BCUT2D eigenvalue weighted by atomic mass is 32.2. The molecule has 1 aromatic carbocycles. The molecule has 8 heteroatoms. The van der Waals surface area contributed by atoms with Crippen LogP contribution in [0.3, 0.4) is 0 Å². The molecule has 0 heterocycles. The van der Waals surface area contributed by atoms with Crippen molar-refractivity contribution in [1.29, 1.82) is 0 Å². The lowest BCUT2D eigenvalue weighted by Crippen LogP contribution is -2.38. The summed E-state index contributed by atoms with van der Waals surface area (Å²) in [6.07, 6.45) is 2.01. The molecule has 0 aromatic heterocycles. The molecule has 0 bridgehead atoms. The first kappa shape index (κ1) is 15.7. The number of rotatable bonds is 6. The van der Waals surface area contributed by atoms with E-state index in [1.165, 1.54) is 16.4 Å². The minimum atomic E-state index is -3.91. The van der Waals surface area contributed by atoms with Crippen LogP contribution in [0.5, 0.6) is 0 Å². The molecule has 0 amide bonds. The van der Waals surface area contributed by atoms with Gasteiger partial charge in [-0.3, -0.25) is 10.1 Å². The number of nitrogens with two attached hydrogens (primary N) is 1. The van der Waals surface area contributed by atoms with Crippen LogP contribution in [-0.4, -0.2) is 30.2 Å². The van der Waals surface area contributed by atoms with E-state index in [-0.39, 0.29) is 16.6 Å². The maximum absolute atomic E-state index is 12.8. The first-order valence-corrected chi connectivity index (χ1v) is 8.23. The number of nitro groups is 1. The van der Waals surface area contributed by atoms with Gasteiger partial charge >= 0.3 is 0 Å². The molecule has 1 saturated carbocycles. The summed E-state index contributed by atoms with van der Waals surface area (Å²) < 4.78 is 26.8. The van der Waals surface area contributed by atoms with E-state index in [4.69, 9.17) is 5.73 Å². The van der Waals surface area contributed by atoms with E-state index in [1.54, 1.807) is 13.8 Å². The lowest BCUT2D eigenvalue weighted by Gasteiger charge is -2.25. The fourth-order valence-corrected chi connectivity index (χ4v) is 4.02. The van der Waals surface area contributed by atoms with Gasteiger partial charge in [-0.05, 0) is 44.7 Å². The summed E-state index contributed by atoms with van der Waals surface area (Å²) in [6, 6.07) is 3.41. The molecule has 2 N–H and O–H groups in total. The predicted molar refractivity (Wildman–Crippen MR) is 79.3 cm³/mol. The normalized spacial score (nSPS) is 15.6. The monoisotopic (exact) mass is 313 g/mol. The largest absolute Gasteiger partial charge is 0.399 e. The average molecular weight is 313 g/mol. The number of nitro benzene ring substituents is 1. The molecule has 2 rings (SSSR count). The van der Waals surface area contributed by atoms with Crippen molar-refractivity contribution in [3.05, 3.63) is 28.3 Å². The Morgan fingerprint density at radius 1 is 1.43 bits per heavy atom. The van der Waals surface area contributed by atoms with E-state index in [2.05, 4.69) is 0 Å². The molecule has 21 heavy (non-hydrogen) atoms. The summed E-state index contributed by atoms with van der Waals surface area (Å²) in [7, 11) is -3.91. The highest BCUT2D eigenvalue weighted by Crippen LogP contribution is 2.35. The first-order chi connectivity index (χ1) is 9.73. The Labute approximate surface area is 123 Å². The van der Waals surface area contributed by atoms with Gasteiger partial charge in [0.1, 0.15) is 0 Å². The van der Waals surface area contributed by atoms with Gasteiger partial charge in [0.25, 0.3) is 5.69 Å². The van der Waals surface area contributed by atoms with E-state index in [9.17, 15) is 18.5 Å². The summed E-state index contributed by atoms with van der Waals surface area (Å²) in [4.78, 5) is 10.1. The second kappa shape index (κ2) is 5.61. The Hall–Kier alpha value is -1.67. The smallest absolute Gasteiger partial charge is 0.291 e. The molecule has 1 fully saturated rings. The molecule has 0 unspecified atom stereocenters. The second-order valence-corrected chi connectivity index (χ2v) is 7.46. The van der Waals surface area contributed by atoms with Crippen molar-refractivity contribution in [2.24, 2.45) is 5.92 Å². The van der Waals surface area contributed by atoms with Crippen molar-refractivity contribution < 1.29 is 13.3 Å². The van der Waals surface area contributed by atoms with Gasteiger partial charge in [-0.2, -0.15) is 4.31 Å². The molecule has 0 saturated heterocycles. The van der Waals surface area contributed by atoms with E-state index < -0.39 is 20.6 Å². The van der Waals surface area contributed by atoms with Crippen LogP contribution < -0.4 is 5.73 Å². The second-order valence-electron chi connectivity index (χ2n) is 5.60. The predicted octanol–water partition coefficient (Wildman–Crippen LogP) is 1.99. The van der Waals surface area contributed by atoms with Crippen LogP contribution in [0.25, 0.3) is 0 Å². The highest BCUT2D eigenvalue weighted by Gasteiger charge is 2.36. The van der Waals surface area contributed by atoms with E-state index in [1.807, 2.05) is 0 Å². The zero-order valence-electron chi connectivity index (χ0n) is 12.0. The third-order valence-electron chi connectivity index (χ3n) is 3.48. The Morgan fingerprint density at radius 2 is 2.05 bits per heavy atom. The number of benzene rings is 1. The number of hydrogen-bond acceptors (Lipinski definition) is 5. The Morgan fingerprint density at radius 3 is 2.52 bits per heavy atom. The molecule has 0 atom stereocenters. The van der Waals surface area contributed by atoms with Crippen LogP contribution in [-0.2, 0) is 10.0 Å². The maximum Gasteiger partial charge on any atom is 0.291 e. The van der Waals surface area contributed by atoms with Crippen molar-refractivity contribution in [3.63, 3.8) is 0 Å². The molecule has 1 aliphatic carbocycles. The summed E-state index contributed by atoms with van der Waals surface area (Å²) in [5.41, 5.74) is 5.21. The Balaban J connectivity index is 2.48. The average Bonchev–Trinajstić information content (AvgIpc) is 3.18. The summed E-state index contributed by atoms with van der Waals surface area (Å²) in [5.74, 6) is 0.356. The minimum absolute atomic E-state index is 0.166. The van der Waals surface area contributed by atoms with Crippen molar-refractivity contribution in [2.45, 2.75) is 37.6 Å². The van der Waals surface area contributed by atoms with Gasteiger partial charge < -0.3 is 5.73 Å². The fraction of sp³-hybridized carbons (Fsp3) is 0.538. The quantitative estimate of drug-likeness (QED) is 0.491. The number of nitrogen functional groups attached to an aromatic ring is 1. The number of anilines is 1. The molecule has 1 aliphatic rings. The molecule has 116 valence electrons. The molecular formula is C13H19N3O4S. The summed E-state index contributed by atoms with van der Waals surface area (Å²) in [6.45, 7) is 3.94. The lowest BCUT2D eigenvalue weighted by atomic mass is 10.3. The van der Waals surface area contributed by atoms with Gasteiger partial charge in [0.05, 0.1) is 4.92 Å². The molecular weight excluding hydrogens is 294 g/mol. The number of hydrogen-bond donors (Lipinski definition) is 1. The van der Waals surface area contributed by atoms with Gasteiger partial charge in [0.2, 0.25) is 10.0 Å². The van der Waals surface area contributed by atoms with E-state index in [0.29, 0.717) is 12.5 Å². The van der Waals surface area contributed by atoms with Gasteiger partial charge in [-0.25, -0.2) is 8.42 Å². The molecule has 0 aliphatic heterocycles.